The molecule has 0 saturated heterocycles. The van der Waals surface area contributed by atoms with Crippen LogP contribution in [0.4, 0.5) is 4.39 Å². The minimum absolute atomic E-state index is 0.0422. The average Bonchev–Trinajstić information content (AvgIpc) is 2.56. The van der Waals surface area contributed by atoms with Gasteiger partial charge in [-0.15, -0.1) is 0 Å². The zero-order valence-corrected chi connectivity index (χ0v) is 7.33. The van der Waals surface area contributed by atoms with Crippen molar-refractivity contribution in [2.75, 3.05) is 6.61 Å². The number of hydrogen-bond acceptors (Lipinski definition) is 2. The van der Waals surface area contributed by atoms with Crippen LogP contribution in [0.1, 0.15) is 17.2 Å². The summed E-state index contributed by atoms with van der Waals surface area (Å²) in [7, 11) is 0. The maximum Gasteiger partial charge on any atom is 0.170 e. The average molecular weight is 179 g/mol. The molecule has 1 unspecified atom stereocenters. The van der Waals surface area contributed by atoms with E-state index in [0.717, 1.165) is 11.1 Å². The molecule has 0 aliphatic carbocycles. The predicted octanol–water partition coefficient (Wildman–Crippen LogP) is 2.23. The fourth-order valence-corrected chi connectivity index (χ4v) is 1.48. The quantitative estimate of drug-likeness (QED) is 0.647. The van der Waals surface area contributed by atoms with Crippen molar-refractivity contribution in [1.82, 2.24) is 0 Å². The van der Waals surface area contributed by atoms with E-state index in [0.29, 0.717) is 6.61 Å². The molecule has 0 saturated carbocycles. The van der Waals surface area contributed by atoms with Crippen LogP contribution in [0.15, 0.2) is 23.2 Å². The van der Waals surface area contributed by atoms with Crippen molar-refractivity contribution in [1.29, 1.82) is 0 Å². The summed E-state index contributed by atoms with van der Waals surface area (Å²) in [6, 6.07) is 4.78. The lowest BCUT2D eigenvalue weighted by Crippen LogP contribution is -2.00. The van der Waals surface area contributed by atoms with E-state index in [-0.39, 0.29) is 11.9 Å². The van der Waals surface area contributed by atoms with Gasteiger partial charge < -0.3 is 4.74 Å². The molecule has 1 aromatic rings. The second-order valence-electron chi connectivity index (χ2n) is 3.10. The van der Waals surface area contributed by atoms with Crippen molar-refractivity contribution in [3.8, 4) is 0 Å². The molecule has 13 heavy (non-hydrogen) atoms. The van der Waals surface area contributed by atoms with E-state index in [1.54, 1.807) is 6.07 Å². The molecule has 2 nitrogen and oxygen atoms in total. The summed E-state index contributed by atoms with van der Waals surface area (Å²) in [6.45, 7) is 2.44. The Morgan fingerprint density at radius 2 is 2.38 bits per heavy atom. The topological polar surface area (TPSA) is 21.6 Å². The second-order valence-corrected chi connectivity index (χ2v) is 3.10. The van der Waals surface area contributed by atoms with Crippen LogP contribution in [-0.4, -0.2) is 13.0 Å². The number of benzene rings is 1. The number of aliphatic imine (C=N–C) groups is 1. The third-order valence-corrected chi connectivity index (χ3v) is 2.16. The Kier molecular flexibility index (Phi) is 2.00. The van der Waals surface area contributed by atoms with E-state index in [2.05, 4.69) is 4.99 Å². The molecule has 0 aromatic heterocycles. The lowest BCUT2D eigenvalue weighted by molar-refractivity contribution is 0.330. The summed E-state index contributed by atoms with van der Waals surface area (Å²) in [5.41, 5.74) is 1.96. The fraction of sp³-hybridized carbons (Fsp3) is 0.300. The minimum atomic E-state index is -0.204. The van der Waals surface area contributed by atoms with E-state index in [1.165, 1.54) is 18.5 Å². The normalized spacial score (nSPS) is 20.3. The van der Waals surface area contributed by atoms with Crippen LogP contribution in [0.25, 0.3) is 0 Å². The number of rotatable bonds is 1. The van der Waals surface area contributed by atoms with Crippen molar-refractivity contribution >= 4 is 6.40 Å². The van der Waals surface area contributed by atoms with Gasteiger partial charge in [-0.3, -0.25) is 0 Å². The van der Waals surface area contributed by atoms with Crippen LogP contribution >= 0.6 is 0 Å². The molecule has 1 aliphatic heterocycles. The third-order valence-electron chi connectivity index (χ3n) is 2.16. The summed E-state index contributed by atoms with van der Waals surface area (Å²) in [4.78, 5) is 4.13. The highest BCUT2D eigenvalue weighted by molar-refractivity contribution is 5.50. The van der Waals surface area contributed by atoms with E-state index in [4.69, 9.17) is 4.74 Å². The Morgan fingerprint density at radius 1 is 1.54 bits per heavy atom. The molecule has 1 aliphatic rings. The maximum absolute atomic E-state index is 12.8. The Labute approximate surface area is 76.1 Å². The molecule has 0 N–H and O–H groups in total. The highest BCUT2D eigenvalue weighted by atomic mass is 19.1. The monoisotopic (exact) mass is 179 g/mol. The van der Waals surface area contributed by atoms with Crippen LogP contribution in [0, 0.1) is 12.7 Å². The van der Waals surface area contributed by atoms with Crippen LogP contribution in [-0.2, 0) is 4.74 Å². The van der Waals surface area contributed by atoms with Gasteiger partial charge in [-0.25, -0.2) is 9.38 Å². The van der Waals surface area contributed by atoms with Gasteiger partial charge in [0.15, 0.2) is 6.40 Å². The Morgan fingerprint density at radius 3 is 3.00 bits per heavy atom. The minimum Gasteiger partial charge on any atom is -0.481 e. The number of hydrogen-bond donors (Lipinski definition) is 0. The van der Waals surface area contributed by atoms with Gasteiger partial charge in [-0.2, -0.15) is 0 Å². The smallest absolute Gasteiger partial charge is 0.170 e. The molecule has 0 radical (unpaired) electrons. The summed E-state index contributed by atoms with van der Waals surface area (Å²) < 4.78 is 17.8. The lowest BCUT2D eigenvalue weighted by Gasteiger charge is -2.08. The Hall–Kier alpha value is -1.38. The molecule has 0 fully saturated rings. The van der Waals surface area contributed by atoms with Crippen LogP contribution < -0.4 is 0 Å². The zero-order chi connectivity index (χ0) is 9.26. The molecule has 0 amide bonds. The number of nitrogens with zero attached hydrogens (tertiary/aromatic N) is 1. The first-order chi connectivity index (χ1) is 6.27. The number of aryl methyl sites for hydroxylation is 1. The van der Waals surface area contributed by atoms with Crippen LogP contribution in [0.5, 0.6) is 0 Å². The van der Waals surface area contributed by atoms with Gasteiger partial charge in [0.05, 0.1) is 0 Å². The van der Waals surface area contributed by atoms with Crippen molar-refractivity contribution in [2.24, 2.45) is 4.99 Å². The van der Waals surface area contributed by atoms with E-state index in [1.807, 2.05) is 6.92 Å². The van der Waals surface area contributed by atoms with Gasteiger partial charge in [-0.1, -0.05) is 6.07 Å². The van der Waals surface area contributed by atoms with Gasteiger partial charge in [0.1, 0.15) is 18.5 Å². The SMILES string of the molecule is Cc1cc(F)ccc1C1COC=N1. The molecule has 0 spiro atoms. The van der Waals surface area contributed by atoms with Gasteiger partial charge in [0.2, 0.25) is 0 Å². The van der Waals surface area contributed by atoms with Crippen molar-refractivity contribution in [3.63, 3.8) is 0 Å². The van der Waals surface area contributed by atoms with E-state index >= 15 is 0 Å². The van der Waals surface area contributed by atoms with Crippen LogP contribution in [0.3, 0.4) is 0 Å². The first-order valence-electron chi connectivity index (χ1n) is 4.16. The molecular formula is C10H10FNO. The molecule has 3 heteroatoms. The molecule has 68 valence electrons. The van der Waals surface area contributed by atoms with Crippen molar-refractivity contribution < 1.29 is 9.13 Å². The number of ether oxygens (including phenoxy) is 1. The maximum atomic E-state index is 12.8. The lowest BCUT2D eigenvalue weighted by atomic mass is 10.0. The summed E-state index contributed by atoms with van der Waals surface area (Å²) in [5.74, 6) is -0.204. The molecule has 0 bridgehead atoms. The largest absolute Gasteiger partial charge is 0.481 e. The second kappa shape index (κ2) is 3.17. The third kappa shape index (κ3) is 1.54. The molecular weight excluding hydrogens is 169 g/mol. The zero-order valence-electron chi connectivity index (χ0n) is 7.33. The highest BCUT2D eigenvalue weighted by Crippen LogP contribution is 2.24. The van der Waals surface area contributed by atoms with Crippen molar-refractivity contribution in [2.45, 2.75) is 13.0 Å². The first-order valence-corrected chi connectivity index (χ1v) is 4.16. The Balaban J connectivity index is 2.34. The Bertz CT molecular complexity index is 349. The molecule has 1 aromatic carbocycles. The van der Waals surface area contributed by atoms with Gasteiger partial charge >= 0.3 is 0 Å². The first kappa shape index (κ1) is 8.23. The predicted molar refractivity (Wildman–Crippen MR) is 48.3 cm³/mol. The summed E-state index contributed by atoms with van der Waals surface area (Å²) in [6.07, 6.45) is 1.45. The van der Waals surface area contributed by atoms with E-state index in [9.17, 15) is 4.39 Å². The van der Waals surface area contributed by atoms with E-state index < -0.39 is 0 Å². The van der Waals surface area contributed by atoms with Crippen LogP contribution in [0.2, 0.25) is 0 Å². The van der Waals surface area contributed by atoms with Gasteiger partial charge in [0, 0.05) is 0 Å². The summed E-state index contributed by atoms with van der Waals surface area (Å²) >= 11 is 0. The number of halogens is 1. The van der Waals surface area contributed by atoms with Gasteiger partial charge in [-0.05, 0) is 30.2 Å². The molecule has 1 atom stereocenters. The standard InChI is InChI=1S/C10H10FNO/c1-7-4-8(11)2-3-9(7)10-5-13-6-12-10/h2-4,6,10H,5H2,1H3. The van der Waals surface area contributed by atoms with Crippen molar-refractivity contribution in [3.05, 3.63) is 35.1 Å². The molecule has 1 heterocycles. The summed E-state index contributed by atoms with van der Waals surface area (Å²) in [5, 5.41) is 0. The molecule has 2 rings (SSSR count). The fourth-order valence-electron chi connectivity index (χ4n) is 1.48. The highest BCUT2D eigenvalue weighted by Gasteiger charge is 2.16. The van der Waals surface area contributed by atoms with Gasteiger partial charge in [0.25, 0.3) is 0 Å².